The van der Waals surface area contributed by atoms with E-state index in [1.165, 1.54) is 108 Å². The highest BCUT2D eigenvalue weighted by atomic mass is 19.1. The van der Waals surface area contributed by atoms with E-state index in [0.29, 0.717) is 23.7 Å². The molecule has 198 valence electrons. The minimum Gasteiger partial charge on any atom is -0.491 e. The van der Waals surface area contributed by atoms with Crippen LogP contribution in [-0.2, 0) is 0 Å². The van der Waals surface area contributed by atoms with E-state index in [1.807, 2.05) is 6.07 Å². The van der Waals surface area contributed by atoms with Crippen LogP contribution in [0.5, 0.6) is 5.75 Å². The van der Waals surface area contributed by atoms with Crippen molar-refractivity contribution in [1.82, 2.24) is 0 Å². The summed E-state index contributed by atoms with van der Waals surface area (Å²) in [5.41, 5.74) is 3.33. The van der Waals surface area contributed by atoms with Crippen LogP contribution < -0.4 is 4.74 Å². The third-order valence-corrected chi connectivity index (χ3v) is 8.82. The topological polar surface area (TPSA) is 9.23 Å². The second kappa shape index (κ2) is 15.7. The van der Waals surface area contributed by atoms with Gasteiger partial charge in [-0.1, -0.05) is 89.4 Å². The Bertz CT molecular complexity index is 745. The number of benzene rings is 1. The molecule has 0 heterocycles. The zero-order valence-electron chi connectivity index (χ0n) is 23.0. The van der Waals surface area contributed by atoms with E-state index in [-0.39, 0.29) is 5.82 Å². The van der Waals surface area contributed by atoms with Gasteiger partial charge in [0.2, 0.25) is 0 Å². The minimum atomic E-state index is -0.173. The van der Waals surface area contributed by atoms with Gasteiger partial charge < -0.3 is 4.74 Å². The summed E-state index contributed by atoms with van der Waals surface area (Å²) in [6, 6.07) is 5.87. The van der Waals surface area contributed by atoms with Crippen molar-refractivity contribution in [1.29, 1.82) is 0 Å². The molecule has 1 aromatic carbocycles. The second-order valence-electron chi connectivity index (χ2n) is 11.7. The van der Waals surface area contributed by atoms with Crippen molar-refractivity contribution < 1.29 is 9.13 Å². The first-order valence-corrected chi connectivity index (χ1v) is 15.3. The number of allylic oxidation sites excluding steroid dienone is 2. The van der Waals surface area contributed by atoms with Crippen molar-refractivity contribution in [2.45, 2.75) is 148 Å². The summed E-state index contributed by atoms with van der Waals surface area (Å²) in [7, 11) is 0. The lowest BCUT2D eigenvalue weighted by atomic mass is 9.66. The standard InChI is InChI=1S/C33H53FO/c1-3-5-7-12-21-33(22-13-9-14-23-33)24-20-30(26-28-16-10-8-11-17-28)29-18-19-32(31(34)27-29)35-25-15-6-4-2/h16,18-19,27,30H,3-15,17,20-26H2,1-2H3. The molecule has 1 saturated carbocycles. The lowest BCUT2D eigenvalue weighted by Crippen LogP contribution is -2.25. The Morgan fingerprint density at radius 2 is 1.69 bits per heavy atom. The van der Waals surface area contributed by atoms with Crippen LogP contribution in [0.4, 0.5) is 4.39 Å². The van der Waals surface area contributed by atoms with Crippen molar-refractivity contribution in [2.24, 2.45) is 5.41 Å². The maximum Gasteiger partial charge on any atom is 0.165 e. The quantitative estimate of drug-likeness (QED) is 0.167. The Morgan fingerprint density at radius 3 is 2.40 bits per heavy atom. The van der Waals surface area contributed by atoms with E-state index in [9.17, 15) is 0 Å². The summed E-state index contributed by atoms with van der Waals surface area (Å²) in [6.07, 6.45) is 28.4. The molecule has 1 nitrogen and oxygen atoms in total. The summed E-state index contributed by atoms with van der Waals surface area (Å²) < 4.78 is 20.8. The largest absolute Gasteiger partial charge is 0.491 e. The molecule has 1 fully saturated rings. The average Bonchev–Trinajstić information content (AvgIpc) is 2.89. The highest BCUT2D eigenvalue weighted by Gasteiger charge is 2.32. The normalized spacial score (nSPS) is 18.8. The Balaban J connectivity index is 1.70. The van der Waals surface area contributed by atoms with Crippen molar-refractivity contribution in [2.75, 3.05) is 6.61 Å². The summed E-state index contributed by atoms with van der Waals surface area (Å²) >= 11 is 0. The van der Waals surface area contributed by atoms with E-state index in [4.69, 9.17) is 4.74 Å². The molecule has 0 amide bonds. The Kier molecular flexibility index (Phi) is 12.7. The van der Waals surface area contributed by atoms with Gasteiger partial charge in [-0.15, -0.1) is 0 Å². The fraction of sp³-hybridized carbons (Fsp3) is 0.758. The molecule has 0 aromatic heterocycles. The van der Waals surface area contributed by atoms with Crippen molar-refractivity contribution >= 4 is 0 Å². The molecule has 0 radical (unpaired) electrons. The van der Waals surface area contributed by atoms with Gasteiger partial charge >= 0.3 is 0 Å². The SMILES string of the molecule is CCCCCCC1(CCC(CC2=CCCCC2)c2ccc(OCCCCC)c(F)c2)CCCCC1. The number of halogens is 1. The Labute approximate surface area is 216 Å². The van der Waals surface area contributed by atoms with Crippen LogP contribution in [0.1, 0.15) is 154 Å². The fourth-order valence-electron chi connectivity index (χ4n) is 6.55. The lowest BCUT2D eigenvalue weighted by molar-refractivity contribution is 0.144. The van der Waals surface area contributed by atoms with E-state index in [1.54, 1.807) is 11.6 Å². The summed E-state index contributed by atoms with van der Waals surface area (Å²) in [5, 5.41) is 0. The Hall–Kier alpha value is -1.31. The van der Waals surface area contributed by atoms with Crippen molar-refractivity contribution in [3.05, 3.63) is 41.2 Å². The lowest BCUT2D eigenvalue weighted by Gasteiger charge is -2.39. The van der Waals surface area contributed by atoms with Crippen LogP contribution in [0.25, 0.3) is 0 Å². The molecular formula is C33H53FO. The molecule has 3 rings (SSSR count). The molecule has 1 aromatic rings. The molecule has 1 unspecified atom stereocenters. The smallest absolute Gasteiger partial charge is 0.165 e. The molecule has 2 aliphatic rings. The van der Waals surface area contributed by atoms with Crippen molar-refractivity contribution in [3.63, 3.8) is 0 Å². The monoisotopic (exact) mass is 484 g/mol. The number of rotatable bonds is 16. The van der Waals surface area contributed by atoms with Gasteiger partial charge in [-0.3, -0.25) is 0 Å². The van der Waals surface area contributed by atoms with Gasteiger partial charge in [0.15, 0.2) is 11.6 Å². The molecule has 35 heavy (non-hydrogen) atoms. The highest BCUT2D eigenvalue weighted by molar-refractivity contribution is 5.32. The number of unbranched alkanes of at least 4 members (excludes halogenated alkanes) is 5. The third-order valence-electron chi connectivity index (χ3n) is 8.82. The van der Waals surface area contributed by atoms with Crippen LogP contribution in [0.15, 0.2) is 29.8 Å². The van der Waals surface area contributed by atoms with Gasteiger partial charge in [0.25, 0.3) is 0 Å². The first-order valence-electron chi connectivity index (χ1n) is 15.3. The zero-order chi connectivity index (χ0) is 24.8. The van der Waals surface area contributed by atoms with Gasteiger partial charge in [-0.25, -0.2) is 4.39 Å². The van der Waals surface area contributed by atoms with Gasteiger partial charge in [-0.2, -0.15) is 0 Å². The number of hydrogen-bond donors (Lipinski definition) is 0. The molecule has 2 heteroatoms. The third kappa shape index (κ3) is 9.58. The van der Waals surface area contributed by atoms with Crippen LogP contribution >= 0.6 is 0 Å². The van der Waals surface area contributed by atoms with Gasteiger partial charge in [0, 0.05) is 0 Å². The average molecular weight is 485 g/mol. The van der Waals surface area contributed by atoms with E-state index < -0.39 is 0 Å². The maximum absolute atomic E-state index is 15.1. The molecular weight excluding hydrogens is 431 g/mol. The van der Waals surface area contributed by atoms with Gasteiger partial charge in [0.05, 0.1) is 6.61 Å². The maximum atomic E-state index is 15.1. The predicted molar refractivity (Wildman–Crippen MR) is 149 cm³/mol. The molecule has 0 aliphatic heterocycles. The van der Waals surface area contributed by atoms with E-state index in [0.717, 1.165) is 25.7 Å². The van der Waals surface area contributed by atoms with E-state index in [2.05, 4.69) is 26.0 Å². The Morgan fingerprint density at radius 1 is 0.886 bits per heavy atom. The first-order chi connectivity index (χ1) is 17.2. The molecule has 0 bridgehead atoms. The van der Waals surface area contributed by atoms with Gasteiger partial charge in [0.1, 0.15) is 0 Å². The zero-order valence-corrected chi connectivity index (χ0v) is 23.0. The number of hydrogen-bond acceptors (Lipinski definition) is 1. The molecule has 0 spiro atoms. The van der Waals surface area contributed by atoms with Gasteiger partial charge in [-0.05, 0) is 99.7 Å². The minimum absolute atomic E-state index is 0.173. The second-order valence-corrected chi connectivity index (χ2v) is 11.7. The molecule has 0 N–H and O–H groups in total. The van der Waals surface area contributed by atoms with Crippen LogP contribution in [0.3, 0.4) is 0 Å². The van der Waals surface area contributed by atoms with Crippen LogP contribution in [0, 0.1) is 11.2 Å². The predicted octanol–water partition coefficient (Wildman–Crippen LogP) is 11.1. The highest BCUT2D eigenvalue weighted by Crippen LogP contribution is 2.47. The summed E-state index contributed by atoms with van der Waals surface area (Å²) in [4.78, 5) is 0. The van der Waals surface area contributed by atoms with E-state index >= 15 is 4.39 Å². The number of ether oxygens (including phenoxy) is 1. The summed E-state index contributed by atoms with van der Waals surface area (Å²) in [6.45, 7) is 5.10. The van der Waals surface area contributed by atoms with Crippen molar-refractivity contribution in [3.8, 4) is 5.75 Å². The fourth-order valence-corrected chi connectivity index (χ4v) is 6.55. The summed E-state index contributed by atoms with van der Waals surface area (Å²) in [5.74, 6) is 0.686. The first kappa shape index (κ1) is 28.3. The molecule has 0 saturated heterocycles. The molecule has 2 aliphatic carbocycles. The van der Waals surface area contributed by atoms with Crippen LogP contribution in [-0.4, -0.2) is 6.61 Å². The van der Waals surface area contributed by atoms with Crippen LogP contribution in [0.2, 0.25) is 0 Å². The molecule has 1 atom stereocenters.